The summed E-state index contributed by atoms with van der Waals surface area (Å²) in [5.41, 5.74) is 5.72. The number of hydrogen-bond acceptors (Lipinski definition) is 15. The summed E-state index contributed by atoms with van der Waals surface area (Å²) in [6.45, 7) is 7.78. The van der Waals surface area contributed by atoms with Gasteiger partial charge in [-0.2, -0.15) is 0 Å². The Bertz CT molecular complexity index is 2400. The number of carbonyl (C=O) groups is 2. The van der Waals surface area contributed by atoms with Crippen LogP contribution in [0.4, 0.5) is 0 Å². The van der Waals surface area contributed by atoms with Crippen LogP contribution < -0.4 is 18.5 Å². The van der Waals surface area contributed by atoms with Crippen molar-refractivity contribution in [1.29, 1.82) is 0 Å². The molecule has 0 bridgehead atoms. The number of phenols is 2. The average Bonchev–Trinajstić information content (AvgIpc) is 3.85. The fourth-order valence-corrected chi connectivity index (χ4v) is 8.55. The number of carbonyl (C=O) groups excluding carboxylic acids is 2. The van der Waals surface area contributed by atoms with Crippen LogP contribution in [-0.4, -0.2) is 74.3 Å². The second-order valence-electron chi connectivity index (χ2n) is 14.5. The first-order chi connectivity index (χ1) is 30.0. The van der Waals surface area contributed by atoms with Gasteiger partial charge in [0.15, 0.2) is 6.35 Å². The van der Waals surface area contributed by atoms with Crippen LogP contribution in [0.3, 0.4) is 0 Å². The van der Waals surface area contributed by atoms with Gasteiger partial charge in [-0.15, -0.1) is 0 Å². The van der Waals surface area contributed by atoms with E-state index in [1.807, 2.05) is 39.0 Å². The second-order valence-corrected chi connectivity index (χ2v) is 18.3. The summed E-state index contributed by atoms with van der Waals surface area (Å²) in [5, 5.41) is 21.3. The van der Waals surface area contributed by atoms with Gasteiger partial charge < -0.3 is 57.1 Å². The van der Waals surface area contributed by atoms with E-state index in [1.54, 1.807) is 61.5 Å². The maximum Gasteiger partial charge on any atom is 0.456 e. The van der Waals surface area contributed by atoms with Crippen LogP contribution in [0.25, 0.3) is 0 Å². The van der Waals surface area contributed by atoms with Crippen molar-refractivity contribution in [2.75, 3.05) is 47.2 Å². The molecule has 63 heavy (non-hydrogen) atoms. The highest BCUT2D eigenvalue weighted by Crippen LogP contribution is 2.49. The number of methoxy groups -OCH3 is 2. The molecule has 2 aliphatic rings. The molecule has 0 spiro atoms. The smallest absolute Gasteiger partial charge is 0.456 e. The Labute approximate surface area is 366 Å². The first kappa shape index (κ1) is 48.4. The first-order valence-electron chi connectivity index (χ1n) is 19.6. The van der Waals surface area contributed by atoms with E-state index in [0.717, 1.165) is 29.4 Å². The van der Waals surface area contributed by atoms with Crippen molar-refractivity contribution >= 4 is 27.1 Å². The predicted octanol–water partition coefficient (Wildman–Crippen LogP) is 8.87. The number of allylic oxidation sites excluding steroid dienone is 2. The number of esters is 2. The Kier molecular flexibility index (Phi) is 16.7. The van der Waals surface area contributed by atoms with Crippen molar-refractivity contribution in [3.63, 3.8) is 0 Å². The molecule has 0 saturated heterocycles. The van der Waals surface area contributed by atoms with Crippen molar-refractivity contribution in [2.45, 2.75) is 53.8 Å². The van der Waals surface area contributed by atoms with Crippen molar-refractivity contribution in [3.8, 4) is 34.5 Å². The van der Waals surface area contributed by atoms with Gasteiger partial charge in [0.2, 0.25) is 0 Å². The third kappa shape index (κ3) is 12.1. The summed E-state index contributed by atoms with van der Waals surface area (Å²) in [5.74, 6) is 0.454. The predicted molar refractivity (Wildman–Crippen MR) is 232 cm³/mol. The number of para-hydroxylation sites is 2. The van der Waals surface area contributed by atoms with E-state index in [4.69, 9.17) is 37.5 Å². The molecule has 1 atom stereocenters. The number of rotatable bonds is 19. The summed E-state index contributed by atoms with van der Waals surface area (Å²) >= 11 is 0. The Balaban J connectivity index is 0.000000253. The van der Waals surface area contributed by atoms with Crippen molar-refractivity contribution in [2.24, 2.45) is 0 Å². The number of benzene rings is 4. The molecular weight excluding hydrogens is 858 g/mol. The number of phenolic OH excluding ortho intramolecular Hbond substituents is 2. The highest BCUT2D eigenvalue weighted by Gasteiger charge is 2.34. The van der Waals surface area contributed by atoms with Crippen LogP contribution in [-0.2, 0) is 58.7 Å². The van der Waals surface area contributed by atoms with Crippen LogP contribution >= 0.6 is 15.2 Å². The number of ether oxygens (including phenoxy) is 6. The number of cyclic esters (lactones) is 2. The molecule has 4 aromatic carbocycles. The Morgan fingerprint density at radius 2 is 1.06 bits per heavy atom. The zero-order valence-electron chi connectivity index (χ0n) is 36.1. The largest absolute Gasteiger partial charge is 0.507 e. The summed E-state index contributed by atoms with van der Waals surface area (Å²) in [6, 6.07) is 17.6. The zero-order valence-corrected chi connectivity index (χ0v) is 37.9. The lowest BCUT2D eigenvalue weighted by Crippen LogP contribution is -2.09. The van der Waals surface area contributed by atoms with Gasteiger partial charge in [-0.3, -0.25) is 4.57 Å². The third-order valence-electron chi connectivity index (χ3n) is 10.0. The maximum absolute atomic E-state index is 13.5. The molecule has 0 aliphatic carbocycles. The summed E-state index contributed by atoms with van der Waals surface area (Å²) in [4.78, 5) is 33.3. The minimum Gasteiger partial charge on any atom is -0.507 e. The topological polar surface area (TPSA) is 212 Å². The molecule has 0 amide bonds. The fourth-order valence-electron chi connectivity index (χ4n) is 6.77. The van der Waals surface area contributed by atoms with E-state index < -0.39 is 33.5 Å². The molecule has 1 unspecified atom stereocenters. The van der Waals surface area contributed by atoms with Gasteiger partial charge in [0, 0.05) is 29.4 Å². The van der Waals surface area contributed by atoms with Gasteiger partial charge in [0.25, 0.3) is 0 Å². The molecule has 0 aromatic heterocycles. The normalized spacial score (nSPS) is 14.4. The van der Waals surface area contributed by atoms with Crippen molar-refractivity contribution in [3.05, 3.63) is 128 Å². The summed E-state index contributed by atoms with van der Waals surface area (Å²) < 4.78 is 72.7. The molecule has 3 N–H and O–H groups in total. The molecule has 2 heterocycles. The summed E-state index contributed by atoms with van der Waals surface area (Å²) in [7, 11) is -3.25. The fraction of sp³-hybridized carbons (Fsp3) is 0.333. The molecule has 2 aliphatic heterocycles. The van der Waals surface area contributed by atoms with Crippen LogP contribution in [0.1, 0.15) is 67.9 Å². The second kappa shape index (κ2) is 21.7. The van der Waals surface area contributed by atoms with Gasteiger partial charge >= 0.3 is 27.1 Å². The third-order valence-corrected chi connectivity index (χ3v) is 12.6. The Hall–Kier alpha value is -5.60. The summed E-state index contributed by atoms with van der Waals surface area (Å²) in [6.07, 6.45) is 3.55. The number of aromatic hydroxyl groups is 2. The van der Waals surface area contributed by atoms with E-state index in [1.165, 1.54) is 14.2 Å². The van der Waals surface area contributed by atoms with Gasteiger partial charge in [0.05, 0.1) is 27.4 Å². The molecular formula is C45H52O16P2. The van der Waals surface area contributed by atoms with E-state index in [9.17, 15) is 33.8 Å². The molecule has 16 nitrogen and oxygen atoms in total. The van der Waals surface area contributed by atoms with Gasteiger partial charge in [-0.25, -0.2) is 14.2 Å². The lowest BCUT2D eigenvalue weighted by molar-refractivity contribution is 0.0523. The monoisotopic (exact) mass is 910 g/mol. The van der Waals surface area contributed by atoms with Crippen molar-refractivity contribution < 1.29 is 75.8 Å². The van der Waals surface area contributed by atoms with E-state index in [-0.39, 0.29) is 55.4 Å². The van der Waals surface area contributed by atoms with Crippen molar-refractivity contribution in [1.82, 2.24) is 0 Å². The van der Waals surface area contributed by atoms with Crippen LogP contribution in [0, 0.1) is 13.8 Å². The lowest BCUT2D eigenvalue weighted by Gasteiger charge is -2.20. The van der Waals surface area contributed by atoms with E-state index in [2.05, 4.69) is 4.52 Å². The van der Waals surface area contributed by atoms with Gasteiger partial charge in [-0.05, 0) is 75.9 Å². The van der Waals surface area contributed by atoms with Crippen LogP contribution in [0.15, 0.2) is 84.0 Å². The Morgan fingerprint density at radius 3 is 1.44 bits per heavy atom. The SMILES string of the molecule is COc1c(C)c2c(c(O)c1C/C=C(\C)COCP(=O)(O)OC)C(=O)OC2.COc1c(C)c2c(c(O)c1C/C=C(\C)COCP(=O)(Oc1ccccc1)Oc1ccccc1)C(=O)OC2. The lowest BCUT2D eigenvalue weighted by atomic mass is 9.95. The number of fused-ring (bicyclic) bond motifs is 2. The highest BCUT2D eigenvalue weighted by molar-refractivity contribution is 7.54. The molecule has 0 fully saturated rings. The van der Waals surface area contributed by atoms with Gasteiger partial charge in [-0.1, -0.05) is 59.7 Å². The molecule has 0 radical (unpaired) electrons. The Morgan fingerprint density at radius 1 is 0.667 bits per heavy atom. The number of hydrogen-bond donors (Lipinski definition) is 3. The molecule has 338 valence electrons. The highest BCUT2D eigenvalue weighted by atomic mass is 31.2. The quantitative estimate of drug-likeness (QED) is 0.0455. The molecule has 0 saturated carbocycles. The van der Waals surface area contributed by atoms with Gasteiger partial charge in [0.1, 0.15) is 65.2 Å². The van der Waals surface area contributed by atoms with E-state index in [0.29, 0.717) is 58.1 Å². The zero-order chi connectivity index (χ0) is 45.9. The maximum atomic E-state index is 13.5. The minimum absolute atomic E-state index is 0.114. The van der Waals surface area contributed by atoms with E-state index >= 15 is 0 Å². The molecule has 6 rings (SSSR count). The molecule has 18 heteroatoms. The van der Waals surface area contributed by atoms with Crippen LogP contribution in [0.5, 0.6) is 34.5 Å². The molecule has 4 aromatic rings. The van der Waals surface area contributed by atoms with Crippen LogP contribution in [0.2, 0.25) is 0 Å². The average molecular weight is 911 g/mol. The standard InChI is InChI=1S/C28H29O8P.C17H23O8P/c1-19(14-15-23-26(29)25-24(17-34-28(25)30)20(2)27(23)32-3)16-33-18-37(31,35-21-10-6-4-7-11-21)36-22-12-8-5-9-13-22;1-10(7-24-9-26(20,21)23-4)5-6-12-15(18)14-13(8-25-17(14)19)11(2)16(12)22-3/h4-14,29H,15-18H2,1-3H3;5,18H,6-9H2,1-4H3,(H,20,21)/b19-14+;10-5+. The first-order valence-corrected chi connectivity index (χ1v) is 23.1. The minimum atomic E-state index is -3.71.